The van der Waals surface area contributed by atoms with Gasteiger partial charge in [-0.25, -0.2) is 4.79 Å². The lowest BCUT2D eigenvalue weighted by atomic mass is 10.1. The minimum absolute atomic E-state index is 0.0755. The Morgan fingerprint density at radius 3 is 2.31 bits per heavy atom. The fourth-order valence-electron chi connectivity index (χ4n) is 3.42. The molecule has 0 spiro atoms. The Hall–Kier alpha value is -3.55. The van der Waals surface area contributed by atoms with Gasteiger partial charge >= 0.3 is 12.1 Å². The molecule has 0 bridgehead atoms. The first-order valence-electron chi connectivity index (χ1n) is 10.3. The largest absolute Gasteiger partial charge is 0.497 e. The zero-order chi connectivity index (χ0) is 23.3. The van der Waals surface area contributed by atoms with E-state index in [4.69, 9.17) is 14.2 Å². The number of carbonyl (C=O) groups is 3. The van der Waals surface area contributed by atoms with Crippen molar-refractivity contribution in [2.75, 3.05) is 12.0 Å². The number of hydrogen-bond donors (Lipinski definition) is 1. The summed E-state index contributed by atoms with van der Waals surface area (Å²) in [6.07, 6.45) is -1.77. The number of anilines is 1. The zero-order valence-corrected chi connectivity index (χ0v) is 18.7. The van der Waals surface area contributed by atoms with Crippen LogP contribution < -0.4 is 15.0 Å². The van der Waals surface area contributed by atoms with E-state index in [0.29, 0.717) is 11.4 Å². The van der Waals surface area contributed by atoms with Gasteiger partial charge in [0.2, 0.25) is 5.91 Å². The van der Waals surface area contributed by atoms with Crippen LogP contribution in [0.3, 0.4) is 0 Å². The number of benzene rings is 2. The van der Waals surface area contributed by atoms with Crippen molar-refractivity contribution in [2.45, 2.75) is 45.6 Å². The van der Waals surface area contributed by atoms with E-state index < -0.39 is 29.7 Å². The number of alkyl carbamates (subject to hydrolysis) is 1. The van der Waals surface area contributed by atoms with Gasteiger partial charge in [-0.1, -0.05) is 30.3 Å². The minimum Gasteiger partial charge on any atom is -0.497 e. The van der Waals surface area contributed by atoms with Gasteiger partial charge in [0.25, 0.3) is 0 Å². The van der Waals surface area contributed by atoms with Gasteiger partial charge in [0, 0.05) is 12.1 Å². The minimum atomic E-state index is -0.950. The number of methoxy groups -OCH3 is 1. The van der Waals surface area contributed by atoms with Crippen LogP contribution in [0, 0.1) is 5.92 Å². The van der Waals surface area contributed by atoms with Crippen molar-refractivity contribution >= 4 is 23.7 Å². The highest BCUT2D eigenvalue weighted by Gasteiger charge is 2.46. The van der Waals surface area contributed by atoms with E-state index in [-0.39, 0.29) is 18.9 Å². The summed E-state index contributed by atoms with van der Waals surface area (Å²) in [4.78, 5) is 39.7. The summed E-state index contributed by atoms with van der Waals surface area (Å²) in [6, 6.07) is 16.0. The molecular weight excluding hydrogens is 412 g/mol. The van der Waals surface area contributed by atoms with Crippen LogP contribution in [0.2, 0.25) is 0 Å². The Balaban J connectivity index is 1.82. The molecule has 2 aromatic carbocycles. The summed E-state index contributed by atoms with van der Waals surface area (Å²) in [5.41, 5.74) is 0.616. The number of carbonyl (C=O) groups excluding carboxylic acids is 3. The predicted molar refractivity (Wildman–Crippen MR) is 118 cm³/mol. The van der Waals surface area contributed by atoms with E-state index in [2.05, 4.69) is 5.32 Å². The van der Waals surface area contributed by atoms with Crippen LogP contribution >= 0.6 is 0 Å². The average molecular weight is 440 g/mol. The van der Waals surface area contributed by atoms with E-state index in [1.165, 1.54) is 4.90 Å². The molecule has 1 aliphatic rings. The number of hydrogen-bond acceptors (Lipinski definition) is 6. The highest BCUT2D eigenvalue weighted by atomic mass is 16.6. The molecule has 1 saturated heterocycles. The number of ether oxygens (including phenoxy) is 3. The molecule has 0 aromatic heterocycles. The molecule has 0 aliphatic carbocycles. The third-order valence-corrected chi connectivity index (χ3v) is 4.86. The molecule has 1 aliphatic heterocycles. The molecule has 2 unspecified atom stereocenters. The molecule has 2 atom stereocenters. The van der Waals surface area contributed by atoms with Crippen molar-refractivity contribution < 1.29 is 28.6 Å². The van der Waals surface area contributed by atoms with Crippen LogP contribution in [0.1, 0.15) is 32.8 Å². The smallest absolute Gasteiger partial charge is 0.409 e. The first-order valence-corrected chi connectivity index (χ1v) is 10.3. The number of rotatable bonds is 6. The molecule has 0 radical (unpaired) electrons. The number of nitrogens with one attached hydrogen (secondary N) is 1. The Morgan fingerprint density at radius 1 is 1.06 bits per heavy atom. The second-order valence-electron chi connectivity index (χ2n) is 8.46. The van der Waals surface area contributed by atoms with Crippen molar-refractivity contribution in [2.24, 2.45) is 5.92 Å². The fourth-order valence-corrected chi connectivity index (χ4v) is 3.42. The lowest BCUT2D eigenvalue weighted by molar-refractivity contribution is -0.150. The standard InChI is InChI=1S/C24H28N2O6/c1-24(2,3)32-23(29)25-21-19(22(28)31-15-16-8-6-5-7-9-16)14-20(27)26(21)17-10-12-18(30-4)13-11-17/h5-13,19,21H,14-15H2,1-4H3,(H,25,29). The Morgan fingerprint density at radius 2 is 1.72 bits per heavy atom. The van der Waals surface area contributed by atoms with Gasteiger partial charge in [-0.15, -0.1) is 0 Å². The normalized spacial score (nSPS) is 18.2. The second kappa shape index (κ2) is 9.72. The second-order valence-corrected chi connectivity index (χ2v) is 8.46. The molecular formula is C24H28N2O6. The molecule has 8 nitrogen and oxygen atoms in total. The molecule has 1 N–H and O–H groups in total. The number of esters is 1. The molecule has 1 heterocycles. The highest BCUT2D eigenvalue weighted by Crippen LogP contribution is 2.32. The average Bonchev–Trinajstić information content (AvgIpc) is 3.07. The van der Waals surface area contributed by atoms with Crippen molar-refractivity contribution in [3.05, 3.63) is 60.2 Å². The Labute approximate surface area is 187 Å². The summed E-state index contributed by atoms with van der Waals surface area (Å²) in [5, 5.41) is 2.68. The number of amides is 2. The molecule has 170 valence electrons. The van der Waals surface area contributed by atoms with Crippen LogP contribution in [0.5, 0.6) is 5.75 Å². The quantitative estimate of drug-likeness (QED) is 0.690. The molecule has 32 heavy (non-hydrogen) atoms. The first-order chi connectivity index (χ1) is 15.2. The van der Waals surface area contributed by atoms with Gasteiger partial charge in [-0.05, 0) is 50.6 Å². The summed E-state index contributed by atoms with van der Waals surface area (Å²) in [7, 11) is 1.54. The van der Waals surface area contributed by atoms with Gasteiger partial charge in [0.05, 0.1) is 7.11 Å². The van der Waals surface area contributed by atoms with Crippen molar-refractivity contribution in [1.29, 1.82) is 0 Å². The SMILES string of the molecule is COc1ccc(N2C(=O)CC(C(=O)OCc3ccccc3)C2NC(=O)OC(C)(C)C)cc1. The van der Waals surface area contributed by atoms with E-state index >= 15 is 0 Å². The molecule has 2 amide bonds. The van der Waals surface area contributed by atoms with E-state index in [1.54, 1.807) is 52.1 Å². The van der Waals surface area contributed by atoms with E-state index in [1.807, 2.05) is 30.3 Å². The van der Waals surface area contributed by atoms with Crippen LogP contribution in [0.25, 0.3) is 0 Å². The maximum absolute atomic E-state index is 12.9. The molecule has 0 saturated carbocycles. The molecule has 3 rings (SSSR count). The fraction of sp³-hybridized carbons (Fsp3) is 0.375. The lowest BCUT2D eigenvalue weighted by Crippen LogP contribution is -2.51. The highest BCUT2D eigenvalue weighted by molar-refractivity contribution is 6.01. The van der Waals surface area contributed by atoms with Gasteiger partial charge in [-0.2, -0.15) is 0 Å². The molecule has 2 aromatic rings. The monoisotopic (exact) mass is 440 g/mol. The van der Waals surface area contributed by atoms with Crippen LogP contribution in [0.4, 0.5) is 10.5 Å². The topological polar surface area (TPSA) is 94.2 Å². The Kier molecular flexibility index (Phi) is 7.02. The molecule has 8 heteroatoms. The van der Waals surface area contributed by atoms with E-state index in [0.717, 1.165) is 5.56 Å². The van der Waals surface area contributed by atoms with Crippen LogP contribution in [-0.2, 0) is 25.7 Å². The number of nitrogens with zero attached hydrogens (tertiary/aromatic N) is 1. The van der Waals surface area contributed by atoms with Crippen LogP contribution in [0.15, 0.2) is 54.6 Å². The summed E-state index contributed by atoms with van der Waals surface area (Å²) in [6.45, 7) is 5.28. The third-order valence-electron chi connectivity index (χ3n) is 4.86. The Bertz CT molecular complexity index is 953. The van der Waals surface area contributed by atoms with Gasteiger partial charge in [-0.3, -0.25) is 19.8 Å². The van der Waals surface area contributed by atoms with Crippen molar-refractivity contribution in [3.63, 3.8) is 0 Å². The molecule has 1 fully saturated rings. The van der Waals surface area contributed by atoms with Crippen LogP contribution in [-0.4, -0.2) is 36.8 Å². The maximum Gasteiger partial charge on any atom is 0.409 e. The summed E-state index contributed by atoms with van der Waals surface area (Å²) >= 11 is 0. The summed E-state index contributed by atoms with van der Waals surface area (Å²) < 4.78 is 16.0. The van der Waals surface area contributed by atoms with Crippen molar-refractivity contribution in [3.8, 4) is 5.75 Å². The van der Waals surface area contributed by atoms with Gasteiger partial charge in [0.15, 0.2) is 0 Å². The zero-order valence-electron chi connectivity index (χ0n) is 18.7. The van der Waals surface area contributed by atoms with Gasteiger partial charge in [0.1, 0.15) is 30.0 Å². The summed E-state index contributed by atoms with van der Waals surface area (Å²) in [5.74, 6) is -1.14. The lowest BCUT2D eigenvalue weighted by Gasteiger charge is -2.29. The first kappa shape index (κ1) is 23.1. The van der Waals surface area contributed by atoms with E-state index in [9.17, 15) is 14.4 Å². The van der Waals surface area contributed by atoms with Gasteiger partial charge < -0.3 is 14.2 Å². The van der Waals surface area contributed by atoms with Crippen molar-refractivity contribution in [1.82, 2.24) is 5.32 Å². The maximum atomic E-state index is 12.9. The predicted octanol–water partition coefficient (Wildman–Crippen LogP) is 3.64. The third kappa shape index (κ3) is 5.78.